The number of nitrogens with zero attached hydrogens (tertiary/aromatic N) is 2. The van der Waals surface area contributed by atoms with Gasteiger partial charge in [-0.15, -0.1) is 0 Å². The average Bonchev–Trinajstić information content (AvgIpc) is 2.92. The van der Waals surface area contributed by atoms with Crippen molar-refractivity contribution in [2.45, 2.75) is 34.2 Å². The van der Waals surface area contributed by atoms with Gasteiger partial charge in [-0.1, -0.05) is 13.8 Å². The fourth-order valence-electron chi connectivity index (χ4n) is 3.24. The first kappa shape index (κ1) is 19.6. The number of nitrogens with one attached hydrogen (secondary N) is 1. The Labute approximate surface area is 165 Å². The lowest BCUT2D eigenvalue weighted by molar-refractivity contribution is -0.112. The molecule has 1 aromatic carbocycles. The quantitative estimate of drug-likeness (QED) is 0.627. The Morgan fingerprint density at radius 3 is 2.64 bits per heavy atom. The number of rotatable bonds is 5. The molecule has 2 heterocycles. The van der Waals surface area contributed by atoms with Crippen LogP contribution < -0.4 is 14.8 Å². The highest BCUT2D eigenvalue weighted by molar-refractivity contribution is 6.09. The van der Waals surface area contributed by atoms with Crippen LogP contribution in [0.15, 0.2) is 29.8 Å². The number of amides is 1. The lowest BCUT2D eigenvalue weighted by Gasteiger charge is -2.18. The lowest BCUT2D eigenvalue weighted by atomic mass is 10.1. The predicted octanol–water partition coefficient (Wildman–Crippen LogP) is 4.08. The number of benzene rings is 1. The molecule has 1 amide bonds. The molecule has 0 fully saturated rings. The summed E-state index contributed by atoms with van der Waals surface area (Å²) >= 11 is 0. The van der Waals surface area contributed by atoms with Crippen LogP contribution >= 0.6 is 0 Å². The number of carbonyl (C=O) groups excluding carboxylic acids is 1. The van der Waals surface area contributed by atoms with Gasteiger partial charge >= 0.3 is 0 Å². The number of aryl methyl sites for hydroxylation is 1. The van der Waals surface area contributed by atoms with Crippen LogP contribution in [0.1, 0.15) is 30.8 Å². The molecule has 0 saturated heterocycles. The molecule has 0 unspecified atom stereocenters. The molecule has 1 aromatic heterocycles. The number of fused-ring (bicyclic) bond motifs is 1. The predicted molar refractivity (Wildman–Crippen MR) is 108 cm³/mol. The summed E-state index contributed by atoms with van der Waals surface area (Å²) in [5.41, 5.74) is 3.65. The zero-order valence-corrected chi connectivity index (χ0v) is 16.7. The second kappa shape index (κ2) is 8.22. The maximum absolute atomic E-state index is 12.6. The lowest BCUT2D eigenvalue weighted by Crippen LogP contribution is -2.17. The van der Waals surface area contributed by atoms with Gasteiger partial charge in [0.25, 0.3) is 5.91 Å². The van der Waals surface area contributed by atoms with E-state index in [0.29, 0.717) is 36.3 Å². The van der Waals surface area contributed by atoms with Gasteiger partial charge in [0.2, 0.25) is 0 Å². The van der Waals surface area contributed by atoms with Gasteiger partial charge in [-0.25, -0.2) is 0 Å². The molecular formula is C22H25N3O3. The average molecular weight is 379 g/mol. The van der Waals surface area contributed by atoms with Crippen molar-refractivity contribution in [2.24, 2.45) is 5.92 Å². The summed E-state index contributed by atoms with van der Waals surface area (Å²) in [6.45, 7) is 10.3. The second-order valence-electron chi connectivity index (χ2n) is 7.31. The van der Waals surface area contributed by atoms with E-state index in [1.54, 1.807) is 24.3 Å². The molecule has 1 aliphatic rings. The number of aromatic nitrogens is 1. The third kappa shape index (κ3) is 4.20. The zero-order chi connectivity index (χ0) is 20.3. The Morgan fingerprint density at radius 2 is 1.96 bits per heavy atom. The molecule has 3 rings (SSSR count). The molecule has 2 aromatic rings. The van der Waals surface area contributed by atoms with Gasteiger partial charge in [-0.2, -0.15) is 5.26 Å². The van der Waals surface area contributed by atoms with Gasteiger partial charge < -0.3 is 19.4 Å². The van der Waals surface area contributed by atoms with E-state index in [9.17, 15) is 10.1 Å². The summed E-state index contributed by atoms with van der Waals surface area (Å²) < 4.78 is 13.2. The van der Waals surface area contributed by atoms with E-state index in [0.717, 1.165) is 23.5 Å². The van der Waals surface area contributed by atoms with Crippen molar-refractivity contribution in [3.05, 3.63) is 46.8 Å². The molecule has 1 aliphatic heterocycles. The Kier molecular flexibility index (Phi) is 5.74. The maximum atomic E-state index is 12.6. The van der Waals surface area contributed by atoms with Gasteiger partial charge in [0.15, 0.2) is 11.5 Å². The van der Waals surface area contributed by atoms with Crippen molar-refractivity contribution in [3.63, 3.8) is 0 Å². The van der Waals surface area contributed by atoms with Crippen molar-refractivity contribution >= 4 is 17.7 Å². The molecule has 1 N–H and O–H groups in total. The Balaban J connectivity index is 1.81. The van der Waals surface area contributed by atoms with Crippen LogP contribution in [-0.2, 0) is 11.3 Å². The van der Waals surface area contributed by atoms with Crippen molar-refractivity contribution in [1.82, 2.24) is 4.57 Å². The summed E-state index contributed by atoms with van der Waals surface area (Å²) in [6, 6.07) is 9.20. The normalized spacial score (nSPS) is 13.4. The number of nitriles is 1. The minimum atomic E-state index is -0.451. The molecule has 28 heavy (non-hydrogen) atoms. The van der Waals surface area contributed by atoms with E-state index in [4.69, 9.17) is 9.47 Å². The fraction of sp³-hybridized carbons (Fsp3) is 0.364. The highest BCUT2D eigenvalue weighted by atomic mass is 16.6. The van der Waals surface area contributed by atoms with E-state index in [1.807, 2.05) is 26.0 Å². The smallest absolute Gasteiger partial charge is 0.266 e. The van der Waals surface area contributed by atoms with Crippen LogP contribution in [-0.4, -0.2) is 23.7 Å². The third-order valence-corrected chi connectivity index (χ3v) is 4.63. The molecule has 0 bridgehead atoms. The molecule has 0 aliphatic carbocycles. The van der Waals surface area contributed by atoms with Crippen LogP contribution in [0.4, 0.5) is 5.69 Å². The zero-order valence-electron chi connectivity index (χ0n) is 16.7. The van der Waals surface area contributed by atoms with Gasteiger partial charge in [-0.3, -0.25) is 4.79 Å². The minimum Gasteiger partial charge on any atom is -0.486 e. The molecule has 6 heteroatoms. The van der Waals surface area contributed by atoms with E-state index in [1.165, 1.54) is 0 Å². The van der Waals surface area contributed by atoms with Gasteiger partial charge in [0, 0.05) is 29.7 Å². The summed E-state index contributed by atoms with van der Waals surface area (Å²) in [7, 11) is 0. The largest absolute Gasteiger partial charge is 0.486 e. The fourth-order valence-corrected chi connectivity index (χ4v) is 3.24. The van der Waals surface area contributed by atoms with Crippen molar-refractivity contribution in [3.8, 4) is 17.6 Å². The molecular weight excluding hydrogens is 354 g/mol. The van der Waals surface area contributed by atoms with Gasteiger partial charge in [0.1, 0.15) is 24.9 Å². The second-order valence-corrected chi connectivity index (χ2v) is 7.31. The highest BCUT2D eigenvalue weighted by Gasteiger charge is 2.16. The first-order valence-electron chi connectivity index (χ1n) is 9.38. The SMILES string of the molecule is Cc1cc(C=C(C#N)C(=O)Nc2ccc3c(c2)OCCO3)c(C)n1CC(C)C. The van der Waals surface area contributed by atoms with Gasteiger partial charge in [0.05, 0.1) is 0 Å². The Hall–Kier alpha value is -3.20. The van der Waals surface area contributed by atoms with Crippen LogP contribution in [0.3, 0.4) is 0 Å². The number of ether oxygens (including phenoxy) is 2. The first-order valence-corrected chi connectivity index (χ1v) is 9.38. The Morgan fingerprint density at radius 1 is 1.25 bits per heavy atom. The van der Waals surface area contributed by atoms with Crippen LogP contribution in [0.5, 0.6) is 11.5 Å². The topological polar surface area (TPSA) is 76.3 Å². The summed E-state index contributed by atoms with van der Waals surface area (Å²) in [5, 5.41) is 12.3. The summed E-state index contributed by atoms with van der Waals surface area (Å²) in [6.07, 6.45) is 1.65. The third-order valence-electron chi connectivity index (χ3n) is 4.63. The summed E-state index contributed by atoms with van der Waals surface area (Å²) in [5.74, 6) is 1.30. The molecule has 0 atom stereocenters. The number of hydrogen-bond donors (Lipinski definition) is 1. The standard InChI is InChI=1S/C22H25N3O3/c1-14(2)13-25-15(3)9-17(16(25)4)10-18(12-23)22(26)24-19-5-6-20-21(11-19)28-8-7-27-20/h5-6,9-11,14H,7-8,13H2,1-4H3,(H,24,26). The molecule has 6 nitrogen and oxygen atoms in total. The summed E-state index contributed by atoms with van der Waals surface area (Å²) in [4.78, 5) is 12.6. The van der Waals surface area contributed by atoms with Gasteiger partial charge in [-0.05, 0) is 49.6 Å². The molecule has 0 saturated carbocycles. The van der Waals surface area contributed by atoms with E-state index < -0.39 is 5.91 Å². The van der Waals surface area contributed by atoms with Crippen LogP contribution in [0.25, 0.3) is 6.08 Å². The number of carbonyl (C=O) groups is 1. The maximum Gasteiger partial charge on any atom is 0.266 e. The first-order chi connectivity index (χ1) is 13.4. The van der Waals surface area contributed by atoms with Crippen molar-refractivity contribution < 1.29 is 14.3 Å². The van der Waals surface area contributed by atoms with E-state index in [2.05, 4.69) is 23.7 Å². The highest BCUT2D eigenvalue weighted by Crippen LogP contribution is 2.32. The molecule has 0 spiro atoms. The van der Waals surface area contributed by atoms with E-state index in [-0.39, 0.29) is 5.57 Å². The van der Waals surface area contributed by atoms with Crippen LogP contribution in [0.2, 0.25) is 0 Å². The van der Waals surface area contributed by atoms with E-state index >= 15 is 0 Å². The number of anilines is 1. The minimum absolute atomic E-state index is 0.0553. The van der Waals surface area contributed by atoms with Crippen molar-refractivity contribution in [1.29, 1.82) is 5.26 Å². The molecule has 146 valence electrons. The monoisotopic (exact) mass is 379 g/mol. The Bertz CT molecular complexity index is 964. The van der Waals surface area contributed by atoms with Crippen molar-refractivity contribution in [2.75, 3.05) is 18.5 Å². The van der Waals surface area contributed by atoms with Crippen LogP contribution in [0, 0.1) is 31.1 Å². The number of hydrogen-bond acceptors (Lipinski definition) is 4. The molecule has 0 radical (unpaired) electrons.